The highest BCUT2D eigenvalue weighted by atomic mass is 19.4. The van der Waals surface area contributed by atoms with Crippen molar-refractivity contribution in [3.8, 4) is 0 Å². The fourth-order valence-electron chi connectivity index (χ4n) is 1.74. The Bertz CT molecular complexity index is 473. The zero-order valence-electron chi connectivity index (χ0n) is 9.05. The van der Waals surface area contributed by atoms with Crippen LogP contribution in [-0.2, 0) is 10.9 Å². The summed E-state index contributed by atoms with van der Waals surface area (Å²) in [6, 6.07) is 1.60. The highest BCUT2D eigenvalue weighted by molar-refractivity contribution is 5.68. The van der Waals surface area contributed by atoms with Crippen LogP contribution in [0.5, 0.6) is 0 Å². The molecule has 18 heavy (non-hydrogen) atoms. The van der Waals surface area contributed by atoms with Gasteiger partial charge in [0.05, 0.1) is 18.2 Å². The fourth-order valence-corrected chi connectivity index (χ4v) is 1.74. The first-order valence-electron chi connectivity index (χ1n) is 5.18. The monoisotopic (exact) mass is 263 g/mol. The van der Waals surface area contributed by atoms with Gasteiger partial charge in [-0.2, -0.15) is 13.2 Å². The van der Waals surface area contributed by atoms with Crippen molar-refractivity contribution in [2.75, 3.05) is 6.61 Å². The van der Waals surface area contributed by atoms with Gasteiger partial charge in [0.15, 0.2) is 0 Å². The summed E-state index contributed by atoms with van der Waals surface area (Å²) in [6.07, 6.45) is -4.97. The number of nitrogens with one attached hydrogen (secondary N) is 1. The lowest BCUT2D eigenvalue weighted by Crippen LogP contribution is -2.35. The van der Waals surface area contributed by atoms with E-state index in [4.69, 9.17) is 0 Å². The third-order valence-electron chi connectivity index (χ3n) is 2.63. The maximum atomic E-state index is 13.6. The van der Waals surface area contributed by atoms with Crippen molar-refractivity contribution in [3.63, 3.8) is 0 Å². The molecule has 0 aromatic heterocycles. The first-order valence-corrected chi connectivity index (χ1v) is 5.18. The zero-order chi connectivity index (χ0) is 13.3. The Morgan fingerprint density at radius 2 is 2.06 bits per heavy atom. The molecule has 1 atom stereocenters. The summed E-state index contributed by atoms with van der Waals surface area (Å²) in [5.41, 5.74) is -1.03. The van der Waals surface area contributed by atoms with E-state index in [0.29, 0.717) is 12.5 Å². The van der Waals surface area contributed by atoms with Crippen LogP contribution in [0.25, 0.3) is 0 Å². The summed E-state index contributed by atoms with van der Waals surface area (Å²) in [5.74, 6) is -0.989. The van der Waals surface area contributed by atoms with Gasteiger partial charge in [0.25, 0.3) is 0 Å². The molecule has 1 aliphatic heterocycles. The molecule has 7 heteroatoms. The second-order valence-electron chi connectivity index (χ2n) is 3.86. The average Bonchev–Trinajstić information content (AvgIpc) is 2.27. The van der Waals surface area contributed by atoms with Crippen molar-refractivity contribution in [2.45, 2.75) is 18.6 Å². The summed E-state index contributed by atoms with van der Waals surface area (Å²) < 4.78 is 55.2. The smallest absolute Gasteiger partial charge is 0.416 e. The van der Waals surface area contributed by atoms with Crippen molar-refractivity contribution in [1.82, 2.24) is 5.32 Å². The van der Waals surface area contributed by atoms with Gasteiger partial charge in [-0.25, -0.2) is 9.18 Å². The molecule has 98 valence electrons. The number of alkyl halides is 3. The van der Waals surface area contributed by atoms with E-state index in [-0.39, 0.29) is 12.2 Å². The first-order chi connectivity index (χ1) is 8.38. The normalized spacial score (nSPS) is 20.2. The lowest BCUT2D eigenvalue weighted by Gasteiger charge is -2.24. The van der Waals surface area contributed by atoms with Crippen LogP contribution in [0.4, 0.5) is 22.4 Å². The Hall–Kier alpha value is -1.79. The predicted molar refractivity (Wildman–Crippen MR) is 53.2 cm³/mol. The van der Waals surface area contributed by atoms with Crippen LogP contribution in [-0.4, -0.2) is 12.7 Å². The van der Waals surface area contributed by atoms with E-state index in [0.717, 1.165) is 12.1 Å². The molecule has 2 rings (SSSR count). The van der Waals surface area contributed by atoms with Crippen molar-refractivity contribution in [2.24, 2.45) is 0 Å². The van der Waals surface area contributed by atoms with Crippen LogP contribution in [0.1, 0.15) is 23.6 Å². The fraction of sp³-hybridized carbons (Fsp3) is 0.364. The van der Waals surface area contributed by atoms with Crippen LogP contribution in [0.2, 0.25) is 0 Å². The number of alkyl carbamates (subject to hydrolysis) is 1. The molecule has 1 fully saturated rings. The van der Waals surface area contributed by atoms with Crippen LogP contribution in [0.3, 0.4) is 0 Å². The van der Waals surface area contributed by atoms with Gasteiger partial charge in [-0.15, -0.1) is 0 Å². The third-order valence-corrected chi connectivity index (χ3v) is 2.63. The first kappa shape index (κ1) is 12.7. The number of ether oxygens (including phenoxy) is 1. The van der Waals surface area contributed by atoms with Crippen molar-refractivity contribution in [3.05, 3.63) is 35.1 Å². The molecule has 0 saturated carbocycles. The minimum Gasteiger partial charge on any atom is -0.449 e. The van der Waals surface area contributed by atoms with Gasteiger partial charge in [-0.1, -0.05) is 6.07 Å². The molecule has 1 aromatic rings. The minimum atomic E-state index is -4.59. The van der Waals surface area contributed by atoms with Crippen LogP contribution in [0, 0.1) is 5.82 Å². The molecular weight excluding hydrogens is 254 g/mol. The molecule has 1 aliphatic rings. The molecule has 0 aliphatic carbocycles. The molecule has 0 unspecified atom stereocenters. The number of rotatable bonds is 1. The standard InChI is InChI=1S/C11H9F4NO2/c12-8-5-6(11(13,14)15)1-2-7(8)9-3-4-18-10(17)16-9/h1-2,5,9H,3-4H2,(H,16,17)/t9-/m1/s1. The summed E-state index contributed by atoms with van der Waals surface area (Å²) >= 11 is 0. The molecule has 1 aromatic carbocycles. The van der Waals surface area contributed by atoms with Gasteiger partial charge in [0.1, 0.15) is 5.82 Å². The van der Waals surface area contributed by atoms with Crippen LogP contribution >= 0.6 is 0 Å². The van der Waals surface area contributed by atoms with Gasteiger partial charge in [-0.3, -0.25) is 0 Å². The number of cyclic esters (lactones) is 1. The maximum Gasteiger partial charge on any atom is 0.416 e. The third kappa shape index (κ3) is 2.55. The van der Waals surface area contributed by atoms with Crippen molar-refractivity contribution in [1.29, 1.82) is 0 Å². The number of halogens is 4. The van der Waals surface area contributed by atoms with Crippen LogP contribution < -0.4 is 5.32 Å². The van der Waals surface area contributed by atoms with Gasteiger partial charge in [0, 0.05) is 12.0 Å². The van der Waals surface area contributed by atoms with Gasteiger partial charge in [-0.05, 0) is 12.1 Å². The average molecular weight is 263 g/mol. The summed E-state index contributed by atoms with van der Waals surface area (Å²) in [6.45, 7) is 0.108. The topological polar surface area (TPSA) is 38.3 Å². The molecule has 1 amide bonds. The van der Waals surface area contributed by atoms with E-state index >= 15 is 0 Å². The van der Waals surface area contributed by atoms with Crippen molar-refractivity contribution >= 4 is 6.09 Å². The minimum absolute atomic E-state index is 0.0275. The lowest BCUT2D eigenvalue weighted by molar-refractivity contribution is -0.137. The van der Waals surface area contributed by atoms with Gasteiger partial charge >= 0.3 is 12.3 Å². The molecule has 1 heterocycles. The highest BCUT2D eigenvalue weighted by Gasteiger charge is 2.32. The largest absolute Gasteiger partial charge is 0.449 e. The highest BCUT2D eigenvalue weighted by Crippen LogP contribution is 2.32. The van der Waals surface area contributed by atoms with E-state index in [2.05, 4.69) is 10.1 Å². The number of benzene rings is 1. The molecule has 0 radical (unpaired) electrons. The Morgan fingerprint density at radius 3 is 2.61 bits per heavy atom. The van der Waals surface area contributed by atoms with Crippen molar-refractivity contribution < 1.29 is 27.1 Å². The zero-order valence-corrected chi connectivity index (χ0v) is 9.05. The van der Waals surface area contributed by atoms with E-state index in [1.807, 2.05) is 0 Å². The Labute approximate surface area is 99.7 Å². The van der Waals surface area contributed by atoms with Crippen LogP contribution in [0.15, 0.2) is 18.2 Å². The molecule has 3 nitrogen and oxygen atoms in total. The summed E-state index contributed by atoms with van der Waals surface area (Å²) in [7, 11) is 0. The second kappa shape index (κ2) is 4.47. The quantitative estimate of drug-likeness (QED) is 0.791. The second-order valence-corrected chi connectivity index (χ2v) is 3.86. The lowest BCUT2D eigenvalue weighted by atomic mass is 10.0. The Balaban J connectivity index is 2.27. The maximum absolute atomic E-state index is 13.6. The number of carbonyl (C=O) groups excluding carboxylic acids is 1. The molecule has 0 bridgehead atoms. The van der Waals surface area contributed by atoms with E-state index in [9.17, 15) is 22.4 Å². The Morgan fingerprint density at radius 1 is 1.33 bits per heavy atom. The molecular formula is C11H9F4NO2. The number of hydrogen-bond donors (Lipinski definition) is 1. The molecule has 0 spiro atoms. The number of hydrogen-bond acceptors (Lipinski definition) is 2. The van der Waals surface area contributed by atoms with E-state index < -0.39 is 29.7 Å². The van der Waals surface area contributed by atoms with E-state index in [1.54, 1.807) is 0 Å². The summed E-state index contributed by atoms with van der Waals surface area (Å²) in [5, 5.41) is 2.35. The molecule has 1 saturated heterocycles. The Kier molecular flexibility index (Phi) is 3.14. The van der Waals surface area contributed by atoms with Gasteiger partial charge in [0.2, 0.25) is 0 Å². The molecule has 1 N–H and O–H groups in total. The predicted octanol–water partition coefficient (Wildman–Crippen LogP) is 3.02. The van der Waals surface area contributed by atoms with Gasteiger partial charge < -0.3 is 10.1 Å². The number of carbonyl (C=O) groups is 1. The van der Waals surface area contributed by atoms with E-state index in [1.165, 1.54) is 0 Å². The number of amides is 1. The summed E-state index contributed by atoms with van der Waals surface area (Å²) in [4.78, 5) is 10.9. The SMILES string of the molecule is O=C1N[C@@H](c2ccc(C(F)(F)F)cc2F)CCO1.